The minimum Gasteiger partial charge on any atom is -0.453 e. The highest BCUT2D eigenvalue weighted by Crippen LogP contribution is 2.46. The Morgan fingerprint density at radius 3 is 2.24 bits per heavy atom. The zero-order chi connectivity index (χ0) is 26.1. The Kier molecular flexibility index (Phi) is 6.66. The van der Waals surface area contributed by atoms with E-state index < -0.39 is 5.92 Å². The van der Waals surface area contributed by atoms with Gasteiger partial charge in [-0.25, -0.2) is 9.78 Å². The van der Waals surface area contributed by atoms with E-state index in [1.165, 1.54) is 18.4 Å². The Balaban J connectivity index is 1.43. The third-order valence-electron chi connectivity index (χ3n) is 6.76. The summed E-state index contributed by atoms with van der Waals surface area (Å²) >= 11 is 3.14. The zero-order valence-corrected chi connectivity index (χ0v) is 22.4. The Labute approximate surface area is 228 Å². The maximum Gasteiger partial charge on any atom is 0.409 e. The molecule has 0 saturated carbocycles. The largest absolute Gasteiger partial charge is 0.453 e. The molecule has 0 aliphatic carbocycles. The minimum absolute atomic E-state index is 0.104. The Morgan fingerprint density at radius 2 is 1.58 bits per heavy atom. The van der Waals surface area contributed by atoms with Crippen molar-refractivity contribution in [3.05, 3.63) is 106 Å². The van der Waals surface area contributed by atoms with Crippen LogP contribution >= 0.6 is 22.7 Å². The van der Waals surface area contributed by atoms with Crippen LogP contribution in [0.4, 0.5) is 9.80 Å². The van der Waals surface area contributed by atoms with Gasteiger partial charge in [0.25, 0.3) is 0 Å². The van der Waals surface area contributed by atoms with Crippen molar-refractivity contribution in [2.24, 2.45) is 0 Å². The predicted octanol–water partition coefficient (Wildman–Crippen LogP) is 6.92. The third kappa shape index (κ3) is 4.57. The average Bonchev–Trinajstić information content (AvgIpc) is 3.54. The number of methoxy groups -OCH3 is 1. The van der Waals surface area contributed by atoms with Crippen LogP contribution < -0.4 is 5.32 Å². The second-order valence-electron chi connectivity index (χ2n) is 9.08. The molecule has 6 rings (SSSR count). The maximum absolute atomic E-state index is 14.0. The fraction of sp³-hybridized carbons (Fsp3) is 0.167. The highest BCUT2D eigenvalue weighted by atomic mass is 32.1. The number of carbonyl (C=O) groups excluding carboxylic acids is 2. The number of hydrogen-bond acceptors (Lipinski definition) is 6. The van der Waals surface area contributed by atoms with Gasteiger partial charge in [-0.3, -0.25) is 4.79 Å². The summed E-state index contributed by atoms with van der Waals surface area (Å²) in [5.74, 6) is -0.570. The number of nitrogens with zero attached hydrogens (tertiary/aromatic N) is 2. The number of anilines is 1. The molecule has 38 heavy (non-hydrogen) atoms. The number of hydrogen-bond donors (Lipinski definition) is 1. The van der Waals surface area contributed by atoms with Gasteiger partial charge in [0.15, 0.2) is 0 Å². The molecule has 0 atom stereocenters. The van der Waals surface area contributed by atoms with Crippen LogP contribution in [0, 0.1) is 0 Å². The molecule has 0 unspecified atom stereocenters. The Hall–Kier alpha value is -4.01. The minimum atomic E-state index is -0.466. The van der Waals surface area contributed by atoms with Gasteiger partial charge in [-0.15, -0.1) is 22.7 Å². The van der Waals surface area contributed by atoms with Crippen LogP contribution in [-0.2, 0) is 22.5 Å². The summed E-state index contributed by atoms with van der Waals surface area (Å²) in [4.78, 5) is 33.9. The van der Waals surface area contributed by atoms with Gasteiger partial charge >= 0.3 is 6.09 Å². The van der Waals surface area contributed by atoms with Crippen LogP contribution in [0.15, 0.2) is 84.9 Å². The zero-order valence-electron chi connectivity index (χ0n) is 20.7. The predicted molar refractivity (Wildman–Crippen MR) is 153 cm³/mol. The number of amides is 2. The summed E-state index contributed by atoms with van der Waals surface area (Å²) in [5.41, 5.74) is 4.89. The molecule has 0 radical (unpaired) electrons. The molecule has 5 aromatic rings. The van der Waals surface area contributed by atoms with Crippen LogP contribution in [0.1, 0.15) is 27.5 Å². The van der Waals surface area contributed by atoms with E-state index in [9.17, 15) is 9.59 Å². The first-order valence-corrected chi connectivity index (χ1v) is 14.0. The normalized spacial score (nSPS) is 12.9. The summed E-state index contributed by atoms with van der Waals surface area (Å²) in [6.45, 7) is 1.000. The number of rotatable bonds is 5. The first-order chi connectivity index (χ1) is 18.6. The van der Waals surface area contributed by atoms with Crippen molar-refractivity contribution in [1.82, 2.24) is 9.88 Å². The number of nitrogens with one attached hydrogen (secondary N) is 1. The standard InChI is InChI=1S/C30H25N3O3S2/c1-36-30(35)33-17-16-21-24(18-33)38-29(26(21)28-31-22-14-8-9-15-23(22)37-28)32-27(34)25(19-10-4-2-5-11-19)20-12-6-3-7-13-20/h2-15,25H,16-18H2,1H3,(H,32,34). The molecule has 2 amide bonds. The van der Waals surface area contributed by atoms with Crippen molar-refractivity contribution in [3.8, 4) is 10.6 Å². The fourth-order valence-electron chi connectivity index (χ4n) is 4.95. The summed E-state index contributed by atoms with van der Waals surface area (Å²) in [7, 11) is 1.40. The van der Waals surface area contributed by atoms with Gasteiger partial charge in [0.05, 0.1) is 29.8 Å². The van der Waals surface area contributed by atoms with Crippen molar-refractivity contribution in [1.29, 1.82) is 0 Å². The molecule has 2 aromatic heterocycles. The lowest BCUT2D eigenvalue weighted by atomic mass is 9.90. The molecule has 6 nitrogen and oxygen atoms in total. The Morgan fingerprint density at radius 1 is 0.921 bits per heavy atom. The SMILES string of the molecule is COC(=O)N1CCc2c(sc(NC(=O)C(c3ccccc3)c3ccccc3)c2-c2nc3ccccc3s2)C1. The molecule has 1 N–H and O–H groups in total. The van der Waals surface area contributed by atoms with E-state index in [1.54, 1.807) is 16.2 Å². The summed E-state index contributed by atoms with van der Waals surface area (Å²) in [5, 5.41) is 4.92. The number of ether oxygens (including phenoxy) is 1. The molecule has 3 aromatic carbocycles. The van der Waals surface area contributed by atoms with Crippen LogP contribution in [0.25, 0.3) is 20.8 Å². The number of aromatic nitrogens is 1. The molecule has 190 valence electrons. The summed E-state index contributed by atoms with van der Waals surface area (Å²) in [6.07, 6.45) is 0.326. The molecule has 8 heteroatoms. The molecule has 0 bridgehead atoms. The maximum atomic E-state index is 14.0. The molecule has 0 saturated heterocycles. The smallest absolute Gasteiger partial charge is 0.409 e. The van der Waals surface area contributed by atoms with Gasteiger partial charge in [0.1, 0.15) is 10.0 Å². The summed E-state index contributed by atoms with van der Waals surface area (Å²) in [6, 6.07) is 27.7. The van der Waals surface area contributed by atoms with E-state index in [-0.39, 0.29) is 12.0 Å². The first kappa shape index (κ1) is 24.3. The second kappa shape index (κ2) is 10.4. The molecule has 0 spiro atoms. The van der Waals surface area contributed by atoms with Crippen LogP contribution in [0.2, 0.25) is 0 Å². The lowest BCUT2D eigenvalue weighted by molar-refractivity contribution is -0.116. The van der Waals surface area contributed by atoms with Gasteiger partial charge < -0.3 is 15.0 Å². The number of thiophene rings is 1. The van der Waals surface area contributed by atoms with Gasteiger partial charge in [0, 0.05) is 17.0 Å². The van der Waals surface area contributed by atoms with E-state index in [1.807, 2.05) is 78.9 Å². The third-order valence-corrected chi connectivity index (χ3v) is 8.95. The highest BCUT2D eigenvalue weighted by Gasteiger charge is 2.31. The first-order valence-electron chi connectivity index (χ1n) is 12.4. The van der Waals surface area contributed by atoms with Crippen LogP contribution in [-0.4, -0.2) is 35.5 Å². The molecular formula is C30H25N3O3S2. The van der Waals surface area contributed by atoms with Crippen LogP contribution in [0.5, 0.6) is 0 Å². The average molecular weight is 540 g/mol. The van der Waals surface area contributed by atoms with E-state index in [2.05, 4.69) is 11.4 Å². The van der Waals surface area contributed by atoms with Crippen molar-refractivity contribution >= 4 is 49.9 Å². The number of carbonyl (C=O) groups is 2. The fourth-order valence-corrected chi connectivity index (χ4v) is 7.33. The number of benzene rings is 3. The van der Waals surface area contributed by atoms with Crippen LogP contribution in [0.3, 0.4) is 0 Å². The van der Waals surface area contributed by atoms with Gasteiger partial charge in [0.2, 0.25) is 5.91 Å². The van der Waals surface area contributed by atoms with Gasteiger partial charge in [-0.05, 0) is 35.2 Å². The number of fused-ring (bicyclic) bond motifs is 2. The molecule has 1 aliphatic rings. The van der Waals surface area contributed by atoms with Crippen molar-refractivity contribution in [2.75, 3.05) is 19.0 Å². The molecular weight excluding hydrogens is 514 g/mol. The quantitative estimate of drug-likeness (QED) is 0.263. The number of para-hydroxylation sites is 1. The second-order valence-corrected chi connectivity index (χ2v) is 11.2. The Bertz CT molecular complexity index is 1540. The van der Waals surface area contributed by atoms with E-state index >= 15 is 0 Å². The van der Waals surface area contributed by atoms with Crippen molar-refractivity contribution < 1.29 is 14.3 Å². The topological polar surface area (TPSA) is 71.5 Å². The van der Waals surface area contributed by atoms with Crippen molar-refractivity contribution in [2.45, 2.75) is 18.9 Å². The van der Waals surface area contributed by atoms with Gasteiger partial charge in [-0.1, -0.05) is 72.8 Å². The molecule has 3 heterocycles. The molecule has 1 aliphatic heterocycles. The van der Waals surface area contributed by atoms with E-state index in [4.69, 9.17) is 9.72 Å². The van der Waals surface area contributed by atoms with E-state index in [0.717, 1.165) is 47.4 Å². The van der Waals surface area contributed by atoms with Gasteiger partial charge in [-0.2, -0.15) is 0 Å². The number of thiazole rings is 1. The molecule has 0 fully saturated rings. The lowest BCUT2D eigenvalue weighted by Gasteiger charge is -2.25. The lowest BCUT2D eigenvalue weighted by Crippen LogP contribution is -2.35. The van der Waals surface area contributed by atoms with E-state index in [0.29, 0.717) is 19.5 Å². The van der Waals surface area contributed by atoms with Crippen molar-refractivity contribution in [3.63, 3.8) is 0 Å². The summed E-state index contributed by atoms with van der Waals surface area (Å²) < 4.78 is 6.07. The highest BCUT2D eigenvalue weighted by molar-refractivity contribution is 7.23. The monoisotopic (exact) mass is 539 g/mol.